The third-order valence-corrected chi connectivity index (χ3v) is 4.72. The Hall–Kier alpha value is -1.62. The van der Waals surface area contributed by atoms with E-state index in [4.69, 9.17) is 11.2 Å². The normalized spacial score (nSPS) is 18.2. The molecule has 2 heterocycles. The average molecular weight is 337 g/mol. The van der Waals surface area contributed by atoms with E-state index >= 15 is 0 Å². The van der Waals surface area contributed by atoms with E-state index in [9.17, 15) is 8.42 Å². The molecule has 0 bridgehead atoms. The maximum absolute atomic E-state index is 12.0. The molecule has 1 fully saturated rings. The summed E-state index contributed by atoms with van der Waals surface area (Å²) >= 11 is 0. The van der Waals surface area contributed by atoms with Gasteiger partial charge < -0.3 is 9.30 Å². The van der Waals surface area contributed by atoms with Crippen molar-refractivity contribution in [3.05, 3.63) is 24.5 Å². The summed E-state index contributed by atoms with van der Waals surface area (Å²) < 4.78 is 31.4. The van der Waals surface area contributed by atoms with Gasteiger partial charge in [0.05, 0.1) is 31.1 Å². The highest BCUT2D eigenvalue weighted by atomic mass is 32.2. The molecule has 0 saturated carbocycles. The summed E-state index contributed by atoms with van der Waals surface area (Å²) in [7, 11) is -3.40. The molecule has 1 aromatic rings. The Bertz CT molecular complexity index is 682. The minimum Gasteiger partial charge on any atom is -0.376 e. The average Bonchev–Trinajstić information content (AvgIpc) is 3.10. The van der Waals surface area contributed by atoms with Crippen molar-refractivity contribution in [2.45, 2.75) is 37.2 Å². The molecular weight excluding hydrogens is 314 g/mol. The lowest BCUT2D eigenvalue weighted by molar-refractivity contribution is 0.0934. The van der Waals surface area contributed by atoms with E-state index in [1.54, 1.807) is 16.8 Å². The van der Waals surface area contributed by atoms with E-state index in [1.165, 1.54) is 6.26 Å². The van der Waals surface area contributed by atoms with Gasteiger partial charge in [0.2, 0.25) is 15.0 Å². The summed E-state index contributed by atoms with van der Waals surface area (Å²) in [4.78, 5) is 6.12. The van der Waals surface area contributed by atoms with Gasteiger partial charge in [-0.05, 0) is 12.8 Å². The zero-order chi connectivity index (χ0) is 16.9. The number of hydrogen-bond acceptors (Lipinski definition) is 5. The first kappa shape index (κ1) is 17.7. The van der Waals surface area contributed by atoms with Crippen LogP contribution in [0, 0.1) is 12.3 Å². The summed E-state index contributed by atoms with van der Waals surface area (Å²) in [5, 5.41) is 0.0854. The topological polar surface area (TPSA) is 64.4 Å². The summed E-state index contributed by atoms with van der Waals surface area (Å²) in [6.45, 7) is 6.56. The van der Waals surface area contributed by atoms with Crippen molar-refractivity contribution in [2.75, 3.05) is 26.0 Å². The fourth-order valence-corrected chi connectivity index (χ4v) is 3.56. The molecule has 1 aromatic heterocycles. The van der Waals surface area contributed by atoms with E-state index in [2.05, 4.69) is 17.5 Å². The van der Waals surface area contributed by atoms with E-state index in [1.807, 2.05) is 4.90 Å². The molecule has 2 rings (SSSR count). The largest absolute Gasteiger partial charge is 0.376 e. The zero-order valence-corrected chi connectivity index (χ0v) is 14.3. The van der Waals surface area contributed by atoms with Crippen LogP contribution in [0.5, 0.6) is 0 Å². The fourth-order valence-electron chi connectivity index (χ4n) is 2.73. The summed E-state index contributed by atoms with van der Waals surface area (Å²) in [6.07, 6.45) is 11.9. The van der Waals surface area contributed by atoms with Crippen molar-refractivity contribution >= 4 is 9.84 Å². The quantitative estimate of drug-likeness (QED) is 0.525. The first-order chi connectivity index (χ1) is 11.0. The number of hydrogen-bond donors (Lipinski definition) is 0. The molecule has 1 aliphatic rings. The minimum atomic E-state index is -3.40. The Labute approximate surface area is 138 Å². The second-order valence-corrected chi connectivity index (χ2v) is 7.62. The van der Waals surface area contributed by atoms with Gasteiger partial charge in [0.1, 0.15) is 0 Å². The van der Waals surface area contributed by atoms with Crippen LogP contribution in [0.3, 0.4) is 0 Å². The maximum Gasteiger partial charge on any atom is 0.227 e. The van der Waals surface area contributed by atoms with Crippen molar-refractivity contribution < 1.29 is 13.2 Å². The van der Waals surface area contributed by atoms with Gasteiger partial charge in [-0.25, -0.2) is 13.4 Å². The van der Waals surface area contributed by atoms with Crippen LogP contribution in [0.15, 0.2) is 24.0 Å². The number of ether oxygens (including phenoxy) is 1. The highest BCUT2D eigenvalue weighted by molar-refractivity contribution is 7.90. The molecule has 7 heteroatoms. The third kappa shape index (κ3) is 4.67. The Balaban J connectivity index is 2.28. The molecule has 0 spiro atoms. The van der Waals surface area contributed by atoms with Crippen molar-refractivity contribution in [1.29, 1.82) is 0 Å². The molecule has 1 saturated heterocycles. The summed E-state index contributed by atoms with van der Waals surface area (Å²) in [5.74, 6) is 2.61. The predicted octanol–water partition coefficient (Wildman–Crippen LogP) is 1.09. The van der Waals surface area contributed by atoms with E-state index in [0.29, 0.717) is 26.2 Å². The molecule has 0 aromatic carbocycles. The SMILES string of the molecule is C#CCN(CC=C)Cc1cnc(S(C)(=O)=O)n1C[C@H]1CCCO1. The zero-order valence-electron chi connectivity index (χ0n) is 13.4. The third-order valence-electron chi connectivity index (χ3n) is 3.73. The van der Waals surface area contributed by atoms with Gasteiger partial charge in [0, 0.05) is 26.0 Å². The smallest absolute Gasteiger partial charge is 0.227 e. The molecule has 0 unspecified atom stereocenters. The molecule has 0 N–H and O–H groups in total. The number of aromatic nitrogens is 2. The summed E-state index contributed by atoms with van der Waals surface area (Å²) in [6, 6.07) is 0. The fraction of sp³-hybridized carbons (Fsp3) is 0.562. The lowest BCUT2D eigenvalue weighted by Crippen LogP contribution is -2.27. The molecule has 23 heavy (non-hydrogen) atoms. The lowest BCUT2D eigenvalue weighted by Gasteiger charge is -2.20. The number of nitrogens with zero attached hydrogens (tertiary/aromatic N) is 3. The number of terminal acetylenes is 1. The van der Waals surface area contributed by atoms with Crippen LogP contribution in [0.25, 0.3) is 0 Å². The van der Waals surface area contributed by atoms with Gasteiger partial charge in [-0.2, -0.15) is 0 Å². The van der Waals surface area contributed by atoms with E-state index in [0.717, 1.165) is 25.1 Å². The van der Waals surface area contributed by atoms with Gasteiger partial charge in [-0.1, -0.05) is 12.0 Å². The van der Waals surface area contributed by atoms with Gasteiger partial charge in [0.15, 0.2) is 0 Å². The van der Waals surface area contributed by atoms with Gasteiger partial charge in [0.25, 0.3) is 0 Å². The second-order valence-electron chi connectivity index (χ2n) is 5.71. The minimum absolute atomic E-state index is 0.0314. The molecule has 1 aliphatic heterocycles. The van der Waals surface area contributed by atoms with E-state index < -0.39 is 9.84 Å². The molecular formula is C16H23N3O3S. The maximum atomic E-state index is 12.0. The standard InChI is InChI=1S/C16H23N3O3S/c1-4-8-18(9-5-2)12-14-11-17-16(23(3,20)21)19(14)13-15-7-6-10-22-15/h1,5,11,15H,2,6-10,12-13H2,3H3/t15-/m1/s1. The molecule has 0 aliphatic carbocycles. The van der Waals surface area contributed by atoms with Crippen LogP contribution in [-0.4, -0.2) is 54.9 Å². The predicted molar refractivity (Wildman–Crippen MR) is 88.6 cm³/mol. The number of sulfone groups is 1. The van der Waals surface area contributed by atoms with Gasteiger partial charge in [-0.15, -0.1) is 13.0 Å². The van der Waals surface area contributed by atoms with Gasteiger partial charge >= 0.3 is 0 Å². The molecule has 6 nitrogen and oxygen atoms in total. The molecule has 1 atom stereocenters. The second kappa shape index (κ2) is 7.77. The first-order valence-corrected chi connectivity index (χ1v) is 9.47. The van der Waals surface area contributed by atoms with Crippen LogP contribution in [0.1, 0.15) is 18.5 Å². The lowest BCUT2D eigenvalue weighted by atomic mass is 10.2. The number of imidazole rings is 1. The van der Waals surface area contributed by atoms with Crippen molar-refractivity contribution in [1.82, 2.24) is 14.5 Å². The Morgan fingerprint density at radius 1 is 1.65 bits per heavy atom. The van der Waals surface area contributed by atoms with E-state index in [-0.39, 0.29) is 11.3 Å². The number of rotatable bonds is 8. The summed E-state index contributed by atoms with van der Waals surface area (Å²) in [5.41, 5.74) is 0.818. The Morgan fingerprint density at radius 3 is 3.00 bits per heavy atom. The first-order valence-electron chi connectivity index (χ1n) is 7.58. The van der Waals surface area contributed by atoms with Crippen molar-refractivity contribution in [3.8, 4) is 12.3 Å². The van der Waals surface area contributed by atoms with Crippen LogP contribution >= 0.6 is 0 Å². The Kier molecular flexibility index (Phi) is 5.99. The highest BCUT2D eigenvalue weighted by Gasteiger charge is 2.24. The van der Waals surface area contributed by atoms with Crippen molar-refractivity contribution in [2.24, 2.45) is 0 Å². The van der Waals surface area contributed by atoms with Crippen molar-refractivity contribution in [3.63, 3.8) is 0 Å². The monoisotopic (exact) mass is 337 g/mol. The van der Waals surface area contributed by atoms with Crippen LogP contribution in [0.4, 0.5) is 0 Å². The molecule has 0 amide bonds. The van der Waals surface area contributed by atoms with Crippen LogP contribution in [-0.2, 0) is 27.7 Å². The molecule has 0 radical (unpaired) electrons. The Morgan fingerprint density at radius 2 is 2.43 bits per heavy atom. The van der Waals surface area contributed by atoms with Crippen LogP contribution in [0.2, 0.25) is 0 Å². The molecule has 126 valence electrons. The van der Waals surface area contributed by atoms with Gasteiger partial charge in [-0.3, -0.25) is 4.90 Å². The highest BCUT2D eigenvalue weighted by Crippen LogP contribution is 2.19. The van der Waals surface area contributed by atoms with Crippen LogP contribution < -0.4 is 0 Å².